The third-order valence-corrected chi connectivity index (χ3v) is 0. The van der Waals surface area contributed by atoms with Gasteiger partial charge in [0.05, 0.1) is 0 Å². The van der Waals surface area contributed by atoms with Crippen LogP contribution in [0.2, 0.25) is 0 Å². The molecular weight excluding hydrogens is 3090 g/mol. The minimum Gasteiger partial charge on any atom is -2.00 e. The SMILES string of the molecule is [Ba+2].[Ba+2].[Ba+2].[Ba+2].[Ba+2].[Ba+2].[Ba+2].[Ba+2].[Ba+2].[S-2].[S-2].[S-2].[S-2].[S-2].[S-2].[S-2].[S-2].[S-2].[S-2].[S-2].[S-2].[S-2].[S-2].[S-2].[S-2].[S-2].[S-2].[S-2].[S-2].[S-2].[S-2].[S-2].[S-2].[Ta+5].[Ta+5].[Ta+5].[Ta+5].[Ta+5].[Ta+5]. The van der Waals surface area contributed by atoms with Crippen molar-refractivity contribution in [2.75, 3.05) is 0 Å². The van der Waals surface area contributed by atoms with Gasteiger partial charge in [-0.3, -0.25) is 0 Å². The summed E-state index contributed by atoms with van der Waals surface area (Å²) in [4.78, 5) is 0. The standard InChI is InChI=1S/9Ba.24S.6Ta/q9*+2;24*-2;6*+5. The van der Waals surface area contributed by atoms with Gasteiger partial charge in [0.15, 0.2) is 0 Å². The molecule has 39 heteroatoms. The van der Waals surface area contributed by atoms with Gasteiger partial charge in [-0.2, -0.15) is 0 Å². The average Bonchev–Trinajstić information content (AvgIpc) is 0. The van der Waals surface area contributed by atoms with Gasteiger partial charge >= 0.3 is 574 Å². The van der Waals surface area contributed by atoms with Gasteiger partial charge in [0.25, 0.3) is 0 Å². The normalized spacial score (nSPS) is 0. The van der Waals surface area contributed by atoms with Gasteiger partial charge in [0, 0.05) is 0 Å². The van der Waals surface area contributed by atoms with Crippen LogP contribution in [0, 0.1) is 0 Å². The Labute approximate surface area is 867 Å². The largest absolute Gasteiger partial charge is 5.00 e. The second-order valence-corrected chi connectivity index (χ2v) is 0. The van der Waals surface area contributed by atoms with Gasteiger partial charge in [-0.05, 0) is 0 Å². The first-order valence-corrected chi connectivity index (χ1v) is 0. The van der Waals surface area contributed by atoms with Gasteiger partial charge < -0.3 is 324 Å². The van der Waals surface area contributed by atoms with E-state index < -0.39 is 0 Å². The molecule has 0 radical (unpaired) electrons. The Morgan fingerprint density at radius 1 is 0.0769 bits per heavy atom. The van der Waals surface area contributed by atoms with Crippen molar-refractivity contribution in [2.24, 2.45) is 0 Å². The van der Waals surface area contributed by atoms with E-state index in [9.17, 15) is 0 Å². The molecule has 0 atom stereocenters. The summed E-state index contributed by atoms with van der Waals surface area (Å²) in [6.07, 6.45) is 0. The number of hydrogen-bond donors (Lipinski definition) is 0. The monoisotopic (exact) mass is 3090 g/mol. The Bertz CT molecular complexity index is 52.1. The Morgan fingerprint density at radius 2 is 0.0769 bits per heavy atom. The van der Waals surface area contributed by atoms with E-state index in [1.165, 1.54) is 0 Å². The summed E-state index contributed by atoms with van der Waals surface area (Å²) in [5.74, 6) is 0. The van der Waals surface area contributed by atoms with Crippen molar-refractivity contribution >= 4 is 764 Å². The molecule has 0 heterocycles. The average molecular weight is 3090 g/mol. The van der Waals surface area contributed by atoms with Crippen LogP contribution >= 0.6 is 0 Å². The van der Waals surface area contributed by atoms with Crippen LogP contribution in [-0.4, -0.2) is 440 Å². The van der Waals surface area contributed by atoms with E-state index >= 15 is 0 Å². The molecule has 0 saturated heterocycles. The van der Waals surface area contributed by atoms with Crippen LogP contribution in [0.1, 0.15) is 0 Å². The van der Waals surface area contributed by atoms with Crippen LogP contribution in [0.5, 0.6) is 0 Å². The molecule has 0 aliphatic carbocycles. The zero-order chi connectivity index (χ0) is 0. The van der Waals surface area contributed by atoms with E-state index in [-0.39, 0.29) is 898 Å². The summed E-state index contributed by atoms with van der Waals surface area (Å²) in [6, 6.07) is 0. The zero-order valence-corrected chi connectivity index (χ0v) is 97.7. The molecule has 192 valence electrons. The van der Waals surface area contributed by atoms with Crippen LogP contribution in [0.3, 0.4) is 0 Å². The fraction of sp³-hybridized carbons (Fsp3) is 0. The molecule has 0 amide bonds. The third kappa shape index (κ3) is 354. The Hall–Kier alpha value is 27.0. The molecule has 0 unspecified atom stereocenters. The summed E-state index contributed by atoms with van der Waals surface area (Å²) >= 11 is 0. The fourth-order valence-electron chi connectivity index (χ4n) is 0. The van der Waals surface area contributed by atoms with E-state index in [1.54, 1.807) is 0 Å². The van der Waals surface area contributed by atoms with Crippen LogP contribution in [0.25, 0.3) is 0 Å². The molecule has 0 nitrogen and oxygen atoms in total. The number of hydrogen-bond acceptors (Lipinski definition) is 0. The molecule has 0 aliphatic heterocycles. The van der Waals surface area contributed by atoms with Crippen molar-refractivity contribution < 1.29 is 134 Å². The summed E-state index contributed by atoms with van der Waals surface area (Å²) in [6.45, 7) is 0. The second kappa shape index (κ2) is 365. The van der Waals surface area contributed by atoms with E-state index in [0.29, 0.717) is 0 Å². The summed E-state index contributed by atoms with van der Waals surface area (Å²) in [7, 11) is 0. The first-order valence-electron chi connectivity index (χ1n) is 0. The van der Waals surface area contributed by atoms with E-state index in [2.05, 4.69) is 0 Å². The predicted octanol–water partition coefficient (Wildman–Crippen LogP) is -3.50. The molecule has 0 aromatic carbocycles. The van der Waals surface area contributed by atoms with Crippen LogP contribution < -0.4 is 0 Å². The molecule has 0 spiro atoms. The maximum absolute atomic E-state index is 0. The molecule has 0 aromatic heterocycles. The van der Waals surface area contributed by atoms with Crippen molar-refractivity contribution in [3.63, 3.8) is 0 Å². The quantitative estimate of drug-likeness (QED) is 0.222. The fourth-order valence-corrected chi connectivity index (χ4v) is 0. The Balaban J connectivity index is 0. The van der Waals surface area contributed by atoms with Gasteiger partial charge in [-0.25, -0.2) is 0 Å². The maximum Gasteiger partial charge on any atom is 5.00 e. The molecule has 0 saturated carbocycles. The minimum atomic E-state index is 0. The van der Waals surface area contributed by atoms with Crippen molar-refractivity contribution in [2.45, 2.75) is 0 Å². The van der Waals surface area contributed by atoms with E-state index in [1.807, 2.05) is 0 Å². The topological polar surface area (TPSA) is 0 Å². The van der Waals surface area contributed by atoms with Crippen molar-refractivity contribution in [3.05, 3.63) is 0 Å². The predicted molar refractivity (Wildman–Crippen MR) is 229 cm³/mol. The molecule has 39 heavy (non-hydrogen) atoms. The zero-order valence-electron chi connectivity index (χ0n) is 18.8. The van der Waals surface area contributed by atoms with Gasteiger partial charge in [-0.15, -0.1) is 0 Å². The molecule has 0 bridgehead atoms. The second-order valence-electron chi connectivity index (χ2n) is 0. The first-order chi connectivity index (χ1) is 0. The molecule has 0 aliphatic rings. The third-order valence-electron chi connectivity index (χ3n) is 0. The first kappa shape index (κ1) is 383. The Kier molecular flexibility index (Phi) is 3590. The van der Waals surface area contributed by atoms with Crippen LogP contribution in [0.15, 0.2) is 0 Å². The number of rotatable bonds is 0. The van der Waals surface area contributed by atoms with Gasteiger partial charge in [0.2, 0.25) is 0 Å². The molecule has 0 fully saturated rings. The molecule has 0 rings (SSSR count). The minimum absolute atomic E-state index is 0. The van der Waals surface area contributed by atoms with E-state index in [0.717, 1.165) is 0 Å². The summed E-state index contributed by atoms with van der Waals surface area (Å²) in [5.41, 5.74) is 0. The van der Waals surface area contributed by atoms with Crippen molar-refractivity contribution in [1.29, 1.82) is 0 Å². The van der Waals surface area contributed by atoms with Crippen LogP contribution in [-0.2, 0) is 458 Å². The smallest absolute Gasteiger partial charge is 2.00 e. The van der Waals surface area contributed by atoms with Crippen LogP contribution in [0.4, 0.5) is 0 Å². The van der Waals surface area contributed by atoms with Gasteiger partial charge in [0.1, 0.15) is 0 Å². The van der Waals surface area contributed by atoms with E-state index in [4.69, 9.17) is 0 Å². The Morgan fingerprint density at radius 3 is 0.0769 bits per heavy atom. The van der Waals surface area contributed by atoms with Gasteiger partial charge in [-0.1, -0.05) is 0 Å². The van der Waals surface area contributed by atoms with Crippen molar-refractivity contribution in [3.8, 4) is 0 Å². The summed E-state index contributed by atoms with van der Waals surface area (Å²) in [5, 5.41) is 0. The maximum atomic E-state index is 0. The van der Waals surface area contributed by atoms with Crippen molar-refractivity contribution in [1.82, 2.24) is 0 Å². The molecule has 0 N–H and O–H groups in total. The molecular formula is Ba9S24Ta6. The summed E-state index contributed by atoms with van der Waals surface area (Å²) < 4.78 is 0. The molecule has 0 aromatic rings.